The Labute approximate surface area is 221 Å². The molecule has 1 fully saturated rings. The SMILES string of the molecule is COc1ccc(N(C)C(=O)c2cc(CN3C(=O)N(c4ccc(SC(F)(F)F)cc4)C(=O)C3C)ccn2)cc1. The fourth-order valence-electron chi connectivity index (χ4n) is 3.93. The Hall–Kier alpha value is -4.06. The number of halogens is 3. The van der Waals surface area contributed by atoms with Crippen LogP contribution in [0.25, 0.3) is 0 Å². The summed E-state index contributed by atoms with van der Waals surface area (Å²) in [4.78, 5) is 46.9. The van der Waals surface area contributed by atoms with Crippen LogP contribution in [0.1, 0.15) is 23.0 Å². The van der Waals surface area contributed by atoms with Crippen molar-refractivity contribution in [2.24, 2.45) is 0 Å². The highest BCUT2D eigenvalue weighted by Crippen LogP contribution is 2.38. The van der Waals surface area contributed by atoms with E-state index in [-0.39, 0.29) is 40.5 Å². The van der Waals surface area contributed by atoms with Gasteiger partial charge in [0.1, 0.15) is 17.5 Å². The summed E-state index contributed by atoms with van der Waals surface area (Å²) in [5, 5.41) is 0. The number of urea groups is 1. The average molecular weight is 545 g/mol. The van der Waals surface area contributed by atoms with Gasteiger partial charge in [-0.15, -0.1) is 0 Å². The van der Waals surface area contributed by atoms with Crippen molar-refractivity contribution in [2.45, 2.75) is 29.9 Å². The molecular weight excluding hydrogens is 521 g/mol. The molecular formula is C26H23F3N4O4S. The molecule has 4 rings (SSSR count). The summed E-state index contributed by atoms with van der Waals surface area (Å²) in [6.45, 7) is 1.60. The fraction of sp³-hybridized carbons (Fsp3) is 0.231. The van der Waals surface area contributed by atoms with Crippen LogP contribution in [0.3, 0.4) is 0 Å². The van der Waals surface area contributed by atoms with E-state index in [0.717, 1.165) is 4.90 Å². The molecule has 1 aliphatic rings. The number of carbonyl (C=O) groups is 3. The normalized spacial score (nSPS) is 15.7. The summed E-state index contributed by atoms with van der Waals surface area (Å²) in [6.07, 6.45) is 1.45. The second-order valence-electron chi connectivity index (χ2n) is 8.41. The van der Waals surface area contributed by atoms with Crippen LogP contribution in [0.5, 0.6) is 5.75 Å². The Bertz CT molecular complexity index is 1350. The van der Waals surface area contributed by atoms with E-state index in [1.54, 1.807) is 57.5 Å². The van der Waals surface area contributed by atoms with E-state index in [1.165, 1.54) is 40.3 Å². The first kappa shape index (κ1) is 27.0. The number of alkyl halides is 3. The number of ether oxygens (including phenoxy) is 1. The molecule has 4 amide bonds. The number of hydrogen-bond donors (Lipinski definition) is 0. The first-order chi connectivity index (χ1) is 18.0. The van der Waals surface area contributed by atoms with Crippen molar-refractivity contribution in [1.29, 1.82) is 0 Å². The Balaban J connectivity index is 1.49. The lowest BCUT2D eigenvalue weighted by Crippen LogP contribution is -2.33. The van der Waals surface area contributed by atoms with Gasteiger partial charge in [-0.05, 0) is 84.9 Å². The van der Waals surface area contributed by atoms with E-state index in [0.29, 0.717) is 17.0 Å². The number of methoxy groups -OCH3 is 1. The van der Waals surface area contributed by atoms with Crippen LogP contribution in [0.4, 0.5) is 29.3 Å². The summed E-state index contributed by atoms with van der Waals surface area (Å²) in [5.41, 5.74) is -2.90. The van der Waals surface area contributed by atoms with E-state index in [1.807, 2.05) is 0 Å². The van der Waals surface area contributed by atoms with Gasteiger partial charge in [0.15, 0.2) is 0 Å². The minimum Gasteiger partial charge on any atom is -0.497 e. The molecule has 3 aromatic rings. The molecule has 0 radical (unpaired) electrons. The van der Waals surface area contributed by atoms with Crippen LogP contribution in [0.2, 0.25) is 0 Å². The van der Waals surface area contributed by atoms with Gasteiger partial charge < -0.3 is 14.5 Å². The summed E-state index contributed by atoms with van der Waals surface area (Å²) in [7, 11) is 3.16. The first-order valence-electron chi connectivity index (χ1n) is 11.4. The molecule has 0 aliphatic carbocycles. The number of aromatic nitrogens is 1. The summed E-state index contributed by atoms with van der Waals surface area (Å²) >= 11 is -0.279. The molecule has 0 saturated carbocycles. The van der Waals surface area contributed by atoms with Crippen molar-refractivity contribution in [1.82, 2.24) is 9.88 Å². The molecule has 1 aromatic heterocycles. The van der Waals surface area contributed by atoms with Gasteiger partial charge in [0, 0.05) is 30.4 Å². The van der Waals surface area contributed by atoms with Gasteiger partial charge in [0.2, 0.25) is 0 Å². The number of benzene rings is 2. The molecule has 198 valence electrons. The molecule has 1 aliphatic heterocycles. The number of imide groups is 1. The number of rotatable bonds is 7. The maximum atomic E-state index is 13.2. The third kappa shape index (κ3) is 5.75. The maximum Gasteiger partial charge on any atom is 0.446 e. The van der Waals surface area contributed by atoms with Crippen molar-refractivity contribution in [3.8, 4) is 5.75 Å². The van der Waals surface area contributed by atoms with E-state index >= 15 is 0 Å². The molecule has 2 aromatic carbocycles. The molecule has 1 saturated heterocycles. The highest BCUT2D eigenvalue weighted by Gasteiger charge is 2.43. The van der Waals surface area contributed by atoms with E-state index in [9.17, 15) is 27.6 Å². The number of nitrogens with zero attached hydrogens (tertiary/aromatic N) is 4. The highest BCUT2D eigenvalue weighted by atomic mass is 32.2. The van der Waals surface area contributed by atoms with Crippen LogP contribution < -0.4 is 14.5 Å². The lowest BCUT2D eigenvalue weighted by molar-refractivity contribution is -0.119. The molecule has 0 bridgehead atoms. The fourth-order valence-corrected chi connectivity index (χ4v) is 4.47. The number of carbonyl (C=O) groups excluding carboxylic acids is 3. The molecule has 0 N–H and O–H groups in total. The van der Waals surface area contributed by atoms with Crippen molar-refractivity contribution < 1.29 is 32.3 Å². The highest BCUT2D eigenvalue weighted by molar-refractivity contribution is 8.00. The van der Waals surface area contributed by atoms with Crippen LogP contribution in [-0.4, -0.2) is 53.4 Å². The predicted molar refractivity (Wildman–Crippen MR) is 136 cm³/mol. The number of thioether (sulfide) groups is 1. The van der Waals surface area contributed by atoms with Crippen molar-refractivity contribution >= 4 is 41.0 Å². The Morgan fingerprint density at radius 3 is 2.34 bits per heavy atom. The van der Waals surface area contributed by atoms with Gasteiger partial charge in [-0.1, -0.05) is 0 Å². The number of amides is 4. The molecule has 1 unspecified atom stereocenters. The zero-order chi connectivity index (χ0) is 27.6. The Morgan fingerprint density at radius 1 is 1.08 bits per heavy atom. The van der Waals surface area contributed by atoms with Crippen LogP contribution in [0.15, 0.2) is 71.8 Å². The number of pyridine rings is 1. The Kier molecular flexibility index (Phi) is 7.63. The smallest absolute Gasteiger partial charge is 0.446 e. The van der Waals surface area contributed by atoms with E-state index in [2.05, 4.69) is 4.98 Å². The lowest BCUT2D eigenvalue weighted by atomic mass is 10.2. The van der Waals surface area contributed by atoms with E-state index < -0.39 is 23.5 Å². The van der Waals surface area contributed by atoms with Gasteiger partial charge in [-0.3, -0.25) is 14.6 Å². The third-order valence-corrected chi connectivity index (χ3v) is 6.71. The van der Waals surface area contributed by atoms with Crippen molar-refractivity contribution in [2.75, 3.05) is 24.0 Å². The first-order valence-corrected chi connectivity index (χ1v) is 12.2. The standard InChI is InChI=1S/C26H23F3N4O4S/c1-16-23(34)33(19-6-10-21(11-7-19)38-26(27,28)29)25(36)32(16)15-17-12-13-30-22(14-17)24(35)31(2)18-4-8-20(37-3)9-5-18/h4-14,16H,15H2,1-3H3. The summed E-state index contributed by atoms with van der Waals surface area (Å²) < 4.78 is 43.0. The van der Waals surface area contributed by atoms with Crippen molar-refractivity contribution in [3.63, 3.8) is 0 Å². The minimum absolute atomic E-state index is 0.0271. The lowest BCUT2D eigenvalue weighted by Gasteiger charge is -2.20. The van der Waals surface area contributed by atoms with E-state index in [4.69, 9.17) is 4.74 Å². The summed E-state index contributed by atoms with van der Waals surface area (Å²) in [5.74, 6) is -0.220. The zero-order valence-electron chi connectivity index (χ0n) is 20.6. The number of hydrogen-bond acceptors (Lipinski definition) is 6. The second-order valence-corrected chi connectivity index (χ2v) is 9.55. The van der Waals surface area contributed by atoms with Crippen LogP contribution in [-0.2, 0) is 11.3 Å². The largest absolute Gasteiger partial charge is 0.497 e. The molecule has 12 heteroatoms. The van der Waals surface area contributed by atoms with Gasteiger partial charge in [0.25, 0.3) is 11.8 Å². The number of anilines is 2. The zero-order valence-corrected chi connectivity index (χ0v) is 21.4. The van der Waals surface area contributed by atoms with Gasteiger partial charge in [-0.25, -0.2) is 9.69 Å². The monoisotopic (exact) mass is 544 g/mol. The molecule has 0 spiro atoms. The Morgan fingerprint density at radius 2 is 1.74 bits per heavy atom. The maximum absolute atomic E-state index is 13.2. The van der Waals surface area contributed by atoms with Gasteiger partial charge in [0.05, 0.1) is 12.8 Å². The van der Waals surface area contributed by atoms with Crippen molar-refractivity contribution in [3.05, 3.63) is 78.1 Å². The minimum atomic E-state index is -4.44. The topological polar surface area (TPSA) is 83.0 Å². The molecule has 8 nitrogen and oxygen atoms in total. The second kappa shape index (κ2) is 10.7. The summed E-state index contributed by atoms with van der Waals surface area (Å²) in [6, 6.07) is 13.7. The molecule has 1 atom stereocenters. The quantitative estimate of drug-likeness (QED) is 0.295. The predicted octanol–water partition coefficient (Wildman–Crippen LogP) is 5.34. The molecule has 38 heavy (non-hydrogen) atoms. The van der Waals surface area contributed by atoms with Crippen LogP contribution in [0, 0.1) is 0 Å². The van der Waals surface area contributed by atoms with Crippen LogP contribution >= 0.6 is 11.8 Å². The molecule has 2 heterocycles. The average Bonchev–Trinajstić information content (AvgIpc) is 3.10. The van der Waals surface area contributed by atoms with Gasteiger partial charge in [-0.2, -0.15) is 13.2 Å². The van der Waals surface area contributed by atoms with Gasteiger partial charge >= 0.3 is 11.5 Å². The third-order valence-electron chi connectivity index (χ3n) is 5.97.